The summed E-state index contributed by atoms with van der Waals surface area (Å²) in [6.45, 7) is 4.16. The number of carbonyl (C=O) groups is 1. The fourth-order valence-electron chi connectivity index (χ4n) is 6.25. The number of carboxylic acid groups (broad SMARTS) is 1. The molecule has 2 saturated heterocycles. The van der Waals surface area contributed by atoms with Gasteiger partial charge in [-0.25, -0.2) is 9.78 Å². The van der Waals surface area contributed by atoms with Gasteiger partial charge in [0.1, 0.15) is 12.2 Å². The molecule has 3 aliphatic heterocycles. The average molecular weight is 591 g/mol. The smallest absolute Gasteiger partial charge is 0.335 e. The molecule has 42 heavy (non-hydrogen) atoms. The second-order valence-corrected chi connectivity index (χ2v) is 12.0. The van der Waals surface area contributed by atoms with Gasteiger partial charge in [0.15, 0.2) is 17.3 Å². The Hall–Kier alpha value is -3.70. The standard InChI is InChI=1S/C31H31ClN4O6/c1-31(27-8-6-21(32)16-33-27)41-26-4-2-3-23(29(26)42-31)19-9-12-36(39,13-10-19)18-28-34-24-7-5-20(30(37)38)15-25(24)35(28)17-22-11-14-40-22/h2-8,15-16,19,22H,9-14,17-18H2,1H3,(H,37,38)/t19?,22-,31-,36?/m0/s1. The van der Waals surface area contributed by atoms with Gasteiger partial charge in [-0.1, -0.05) is 23.7 Å². The Morgan fingerprint density at radius 1 is 1.17 bits per heavy atom. The van der Waals surface area contributed by atoms with Gasteiger partial charge in [-0.3, -0.25) is 4.98 Å². The Labute approximate surface area is 247 Å². The molecule has 218 valence electrons. The van der Waals surface area contributed by atoms with Crippen LogP contribution in [0.25, 0.3) is 11.0 Å². The van der Waals surface area contributed by atoms with Crippen LogP contribution in [0.4, 0.5) is 0 Å². The van der Waals surface area contributed by atoms with Gasteiger partial charge in [-0.15, -0.1) is 0 Å². The van der Waals surface area contributed by atoms with Crippen molar-refractivity contribution in [2.45, 2.75) is 57.1 Å². The van der Waals surface area contributed by atoms with E-state index < -0.39 is 16.4 Å². The summed E-state index contributed by atoms with van der Waals surface area (Å²) in [6, 6.07) is 14.4. The van der Waals surface area contributed by atoms with Gasteiger partial charge in [0.25, 0.3) is 5.79 Å². The first kappa shape index (κ1) is 27.2. The summed E-state index contributed by atoms with van der Waals surface area (Å²) in [7, 11) is 0. The Morgan fingerprint density at radius 2 is 1.98 bits per heavy atom. The topological polar surface area (TPSA) is 119 Å². The first-order chi connectivity index (χ1) is 20.2. The third kappa shape index (κ3) is 4.88. The molecule has 0 spiro atoms. The SMILES string of the molecule is C[C@]1(c2ccc(Cl)cn2)Oc2cccc(C3CC[N+]([O-])(Cc4nc5ccc(C(=O)O)cc5n4C[C@@H]4CCO4)CC3)c2O1. The lowest BCUT2D eigenvalue weighted by molar-refractivity contribution is -0.899. The number of halogens is 1. The molecule has 1 N–H and O–H groups in total. The van der Waals surface area contributed by atoms with Crippen molar-refractivity contribution >= 4 is 28.6 Å². The number of ether oxygens (including phenoxy) is 3. The lowest BCUT2D eigenvalue weighted by Crippen LogP contribution is -2.47. The summed E-state index contributed by atoms with van der Waals surface area (Å²) in [6.07, 6.45) is 3.92. The first-order valence-electron chi connectivity index (χ1n) is 14.2. The minimum Gasteiger partial charge on any atom is -0.632 e. The number of hydrogen-bond acceptors (Lipinski definition) is 7. The molecule has 11 heteroatoms. The second-order valence-electron chi connectivity index (χ2n) is 11.6. The zero-order chi connectivity index (χ0) is 29.1. The highest BCUT2D eigenvalue weighted by molar-refractivity contribution is 6.30. The van der Waals surface area contributed by atoms with E-state index in [0.717, 1.165) is 17.5 Å². The zero-order valence-corrected chi connectivity index (χ0v) is 23.9. The Bertz CT molecular complexity index is 1660. The normalized spacial score (nSPS) is 26.7. The maximum Gasteiger partial charge on any atom is 0.335 e. The molecule has 0 aliphatic carbocycles. The number of pyridine rings is 1. The van der Waals surface area contributed by atoms with Crippen LogP contribution in [0.1, 0.15) is 59.5 Å². The molecule has 2 aromatic heterocycles. The van der Waals surface area contributed by atoms with E-state index in [1.54, 1.807) is 36.5 Å². The Morgan fingerprint density at radius 3 is 2.67 bits per heavy atom. The molecular weight excluding hydrogens is 560 g/mol. The monoisotopic (exact) mass is 590 g/mol. The van der Waals surface area contributed by atoms with E-state index in [1.807, 2.05) is 23.6 Å². The van der Waals surface area contributed by atoms with Crippen LogP contribution < -0.4 is 9.47 Å². The highest BCUT2D eigenvalue weighted by Crippen LogP contribution is 2.49. The molecule has 5 heterocycles. The van der Waals surface area contributed by atoms with E-state index in [4.69, 9.17) is 30.8 Å². The highest BCUT2D eigenvalue weighted by Gasteiger charge is 2.43. The molecule has 0 bridgehead atoms. The van der Waals surface area contributed by atoms with Crippen molar-refractivity contribution in [3.8, 4) is 11.5 Å². The Balaban J connectivity index is 1.10. The van der Waals surface area contributed by atoms with Gasteiger partial charge >= 0.3 is 5.97 Å². The summed E-state index contributed by atoms with van der Waals surface area (Å²) in [5, 5.41) is 24.1. The van der Waals surface area contributed by atoms with Crippen molar-refractivity contribution in [1.29, 1.82) is 0 Å². The summed E-state index contributed by atoms with van der Waals surface area (Å²) in [4.78, 5) is 20.8. The molecule has 0 amide bonds. The molecule has 7 rings (SSSR count). The molecule has 0 saturated carbocycles. The fourth-order valence-corrected chi connectivity index (χ4v) is 6.36. The quantitative estimate of drug-likeness (QED) is 0.218. The number of piperidine rings is 1. The van der Waals surface area contributed by atoms with Gasteiger partial charge in [0, 0.05) is 38.1 Å². The zero-order valence-electron chi connectivity index (χ0n) is 23.2. The fraction of sp³-hybridized carbons (Fsp3) is 0.387. The van der Waals surface area contributed by atoms with Crippen molar-refractivity contribution in [2.75, 3.05) is 19.7 Å². The molecule has 2 atom stereocenters. The van der Waals surface area contributed by atoms with Crippen LogP contribution >= 0.6 is 11.6 Å². The molecule has 3 aliphatic rings. The van der Waals surface area contributed by atoms with Crippen molar-refractivity contribution in [2.24, 2.45) is 0 Å². The number of quaternary nitrogens is 1. The van der Waals surface area contributed by atoms with E-state index >= 15 is 0 Å². The van der Waals surface area contributed by atoms with Crippen LogP contribution in [0.2, 0.25) is 5.02 Å². The number of hydroxylamine groups is 3. The number of imidazole rings is 1. The van der Waals surface area contributed by atoms with E-state index in [-0.39, 0.29) is 24.1 Å². The number of hydrogen-bond donors (Lipinski definition) is 1. The number of fused-ring (bicyclic) bond motifs is 2. The second kappa shape index (κ2) is 10.2. The van der Waals surface area contributed by atoms with Crippen LogP contribution in [0.5, 0.6) is 11.5 Å². The maximum absolute atomic E-state index is 14.1. The molecule has 2 aromatic carbocycles. The van der Waals surface area contributed by atoms with Gasteiger partial charge < -0.3 is 33.7 Å². The number of likely N-dealkylation sites (tertiary alicyclic amines) is 1. The number of para-hydroxylation sites is 1. The largest absolute Gasteiger partial charge is 0.632 e. The van der Waals surface area contributed by atoms with E-state index in [9.17, 15) is 15.1 Å². The number of aromatic nitrogens is 3. The first-order valence-corrected chi connectivity index (χ1v) is 14.6. The third-order valence-electron chi connectivity index (χ3n) is 8.70. The van der Waals surface area contributed by atoms with E-state index in [2.05, 4.69) is 11.1 Å². The predicted molar refractivity (Wildman–Crippen MR) is 154 cm³/mol. The molecule has 10 nitrogen and oxygen atoms in total. The molecule has 4 aromatic rings. The van der Waals surface area contributed by atoms with Gasteiger partial charge in [-0.05, 0) is 48.7 Å². The summed E-state index contributed by atoms with van der Waals surface area (Å²) >= 11 is 6.03. The number of benzene rings is 2. The van der Waals surface area contributed by atoms with Crippen LogP contribution in [0.3, 0.4) is 0 Å². The Kier molecular flexibility index (Phi) is 6.62. The predicted octanol–water partition coefficient (Wildman–Crippen LogP) is 5.61. The molecule has 2 fully saturated rings. The van der Waals surface area contributed by atoms with Crippen molar-refractivity contribution < 1.29 is 28.8 Å². The van der Waals surface area contributed by atoms with E-state index in [1.165, 1.54) is 0 Å². The lowest BCUT2D eigenvalue weighted by atomic mass is 9.88. The van der Waals surface area contributed by atoms with Crippen molar-refractivity contribution in [1.82, 2.24) is 14.5 Å². The highest BCUT2D eigenvalue weighted by atomic mass is 35.5. The minimum atomic E-state index is -1.07. The van der Waals surface area contributed by atoms with Crippen LogP contribution in [0.15, 0.2) is 54.7 Å². The van der Waals surface area contributed by atoms with Crippen LogP contribution in [0, 0.1) is 5.21 Å². The lowest BCUT2D eigenvalue weighted by Gasteiger charge is -2.47. The van der Waals surface area contributed by atoms with Crippen LogP contribution in [-0.4, -0.2) is 56.1 Å². The van der Waals surface area contributed by atoms with Gasteiger partial charge in [0.2, 0.25) is 0 Å². The number of nitrogens with zero attached hydrogens (tertiary/aromatic N) is 4. The number of rotatable bonds is 7. The van der Waals surface area contributed by atoms with Crippen LogP contribution in [-0.2, 0) is 23.6 Å². The molecule has 0 unspecified atom stereocenters. The minimum absolute atomic E-state index is 0.0385. The average Bonchev–Trinajstić information content (AvgIpc) is 3.47. The van der Waals surface area contributed by atoms with Crippen molar-refractivity contribution in [3.05, 3.63) is 87.6 Å². The summed E-state index contributed by atoms with van der Waals surface area (Å²) in [5.74, 6) is 0.105. The molecule has 0 radical (unpaired) electrons. The summed E-state index contributed by atoms with van der Waals surface area (Å²) in [5.41, 5.74) is 3.26. The van der Waals surface area contributed by atoms with Gasteiger partial charge in [-0.2, -0.15) is 0 Å². The molecular formula is C31H31ClN4O6. The third-order valence-corrected chi connectivity index (χ3v) is 8.92. The number of aromatic carboxylic acids is 1. The van der Waals surface area contributed by atoms with E-state index in [0.29, 0.717) is 72.6 Å². The number of carboxylic acids is 1. The summed E-state index contributed by atoms with van der Waals surface area (Å²) < 4.78 is 19.9. The van der Waals surface area contributed by atoms with Gasteiger partial charge in [0.05, 0.1) is 47.4 Å². The maximum atomic E-state index is 14.1. The van der Waals surface area contributed by atoms with Crippen molar-refractivity contribution in [3.63, 3.8) is 0 Å².